The van der Waals surface area contributed by atoms with Gasteiger partial charge in [-0.05, 0) is 35.4 Å². The number of hydrogen-bond donors (Lipinski definition) is 2. The van der Waals surface area contributed by atoms with Crippen LogP contribution in [0.2, 0.25) is 0 Å². The largest absolute Gasteiger partial charge is 0.497 e. The molecule has 0 spiro atoms. The summed E-state index contributed by atoms with van der Waals surface area (Å²) in [7, 11) is 6.38. The molecule has 0 aromatic heterocycles. The molecule has 2 rings (SSSR count). The normalized spacial score (nSPS) is 10.5. The molecule has 0 aliphatic heterocycles. The van der Waals surface area contributed by atoms with Gasteiger partial charge in [0.05, 0.1) is 32.9 Å². The molecule has 9 heteroatoms. The Morgan fingerprint density at radius 1 is 0.935 bits per heavy atom. The minimum absolute atomic E-state index is 0. The maximum absolute atomic E-state index is 11.9. The van der Waals surface area contributed by atoms with Crippen LogP contribution in [0.15, 0.2) is 53.5 Å². The van der Waals surface area contributed by atoms with Gasteiger partial charge in [0.1, 0.15) is 5.75 Å². The van der Waals surface area contributed by atoms with E-state index in [1.54, 1.807) is 33.3 Å². The lowest BCUT2D eigenvalue weighted by molar-refractivity contribution is -0.127. The van der Waals surface area contributed by atoms with Crippen molar-refractivity contribution < 1.29 is 19.1 Å². The maximum Gasteiger partial charge on any atom is 0.337 e. The first-order chi connectivity index (χ1) is 14.4. The summed E-state index contributed by atoms with van der Waals surface area (Å²) in [6, 6.07) is 14.7. The third-order valence-electron chi connectivity index (χ3n) is 4.32. The number of amides is 1. The first-order valence-corrected chi connectivity index (χ1v) is 9.45. The molecule has 8 nitrogen and oxygen atoms in total. The van der Waals surface area contributed by atoms with Gasteiger partial charge in [0.15, 0.2) is 5.96 Å². The third-order valence-corrected chi connectivity index (χ3v) is 4.32. The Kier molecular flexibility index (Phi) is 11.4. The number of carbonyl (C=O) groups excluding carboxylic acids is 2. The maximum atomic E-state index is 11.9. The van der Waals surface area contributed by atoms with Crippen molar-refractivity contribution >= 4 is 41.8 Å². The molecule has 0 bridgehead atoms. The molecule has 0 saturated carbocycles. The molecule has 2 aromatic rings. The number of esters is 1. The van der Waals surface area contributed by atoms with Crippen molar-refractivity contribution in [1.29, 1.82) is 0 Å². The number of ether oxygens (including phenoxy) is 2. The van der Waals surface area contributed by atoms with Crippen molar-refractivity contribution in [2.45, 2.75) is 13.1 Å². The number of methoxy groups -OCH3 is 2. The van der Waals surface area contributed by atoms with Crippen LogP contribution in [0.5, 0.6) is 5.75 Å². The molecule has 1 amide bonds. The minimum Gasteiger partial charge on any atom is -0.497 e. The van der Waals surface area contributed by atoms with Crippen LogP contribution in [0.3, 0.4) is 0 Å². The van der Waals surface area contributed by atoms with E-state index < -0.39 is 0 Å². The predicted molar refractivity (Wildman–Crippen MR) is 131 cm³/mol. The topological polar surface area (TPSA) is 92.3 Å². The van der Waals surface area contributed by atoms with Crippen molar-refractivity contribution in [3.05, 3.63) is 65.2 Å². The van der Waals surface area contributed by atoms with Gasteiger partial charge in [0, 0.05) is 20.6 Å². The van der Waals surface area contributed by atoms with Gasteiger partial charge < -0.3 is 25.0 Å². The highest BCUT2D eigenvalue weighted by Crippen LogP contribution is 2.12. The van der Waals surface area contributed by atoms with Crippen molar-refractivity contribution in [2.75, 3.05) is 34.9 Å². The van der Waals surface area contributed by atoms with Crippen LogP contribution in [0, 0.1) is 0 Å². The van der Waals surface area contributed by atoms with Crippen LogP contribution >= 0.6 is 24.0 Å². The monoisotopic (exact) mass is 540 g/mol. The Bertz CT molecular complexity index is 868. The number of nitrogens with one attached hydrogen (secondary N) is 2. The Hall–Kier alpha value is -2.82. The lowest BCUT2D eigenvalue weighted by Crippen LogP contribution is -2.42. The Balaban J connectivity index is 0.00000480. The fourth-order valence-corrected chi connectivity index (χ4v) is 2.46. The zero-order valence-electron chi connectivity index (χ0n) is 18.2. The van der Waals surface area contributed by atoms with Crippen LogP contribution in [0.25, 0.3) is 0 Å². The van der Waals surface area contributed by atoms with Crippen molar-refractivity contribution in [3.8, 4) is 5.75 Å². The number of halogens is 1. The number of benzene rings is 2. The van der Waals surface area contributed by atoms with Gasteiger partial charge in [-0.2, -0.15) is 0 Å². The van der Waals surface area contributed by atoms with E-state index in [9.17, 15) is 9.59 Å². The summed E-state index contributed by atoms with van der Waals surface area (Å²) in [5.41, 5.74) is 2.46. The molecule has 2 N–H and O–H groups in total. The smallest absolute Gasteiger partial charge is 0.337 e. The van der Waals surface area contributed by atoms with E-state index in [2.05, 4.69) is 15.6 Å². The van der Waals surface area contributed by atoms with E-state index in [4.69, 9.17) is 9.47 Å². The van der Waals surface area contributed by atoms with Crippen LogP contribution in [-0.2, 0) is 22.6 Å². The van der Waals surface area contributed by atoms with Gasteiger partial charge in [-0.1, -0.05) is 24.3 Å². The van der Waals surface area contributed by atoms with Crippen LogP contribution < -0.4 is 15.4 Å². The molecule has 0 radical (unpaired) electrons. The van der Waals surface area contributed by atoms with E-state index in [-0.39, 0.29) is 42.4 Å². The first kappa shape index (κ1) is 26.2. The van der Waals surface area contributed by atoms with Gasteiger partial charge in [0.2, 0.25) is 5.91 Å². The zero-order valence-corrected chi connectivity index (χ0v) is 20.5. The average molecular weight is 540 g/mol. The number of likely N-dealkylation sites (N-methyl/N-ethyl adjacent to an activating group) is 1. The highest BCUT2D eigenvalue weighted by Gasteiger charge is 2.07. The van der Waals surface area contributed by atoms with Crippen LogP contribution in [0.1, 0.15) is 21.5 Å². The quantitative estimate of drug-likeness (QED) is 0.231. The van der Waals surface area contributed by atoms with Crippen molar-refractivity contribution in [3.63, 3.8) is 0 Å². The molecule has 31 heavy (non-hydrogen) atoms. The highest BCUT2D eigenvalue weighted by molar-refractivity contribution is 14.0. The summed E-state index contributed by atoms with van der Waals surface area (Å²) in [5, 5.41) is 6.26. The number of nitrogens with zero attached hydrogens (tertiary/aromatic N) is 2. The van der Waals surface area contributed by atoms with Gasteiger partial charge in [-0.15, -0.1) is 24.0 Å². The Morgan fingerprint density at radius 2 is 1.55 bits per heavy atom. The molecule has 0 heterocycles. The SMILES string of the molecule is COC(=O)c1ccc(CNC(=NCc2ccc(OC)cc2)NCC(=O)N(C)C)cc1.I. The molecular weight excluding hydrogens is 511 g/mol. The standard InChI is InChI=1S/C22H28N4O4.HI/c1-26(2)20(27)15-25-22(24-14-17-7-11-19(29-3)12-8-17)23-13-16-5-9-18(10-6-16)21(28)30-4;/h5-12H,13-15H2,1-4H3,(H2,23,24,25);1H. The summed E-state index contributed by atoms with van der Waals surface area (Å²) in [6.07, 6.45) is 0. The first-order valence-electron chi connectivity index (χ1n) is 9.45. The number of aliphatic imine (C=N–C) groups is 1. The lowest BCUT2D eigenvalue weighted by atomic mass is 10.1. The Morgan fingerprint density at radius 3 is 2.10 bits per heavy atom. The van der Waals surface area contributed by atoms with Gasteiger partial charge in [0.25, 0.3) is 0 Å². The molecule has 0 atom stereocenters. The van der Waals surface area contributed by atoms with Gasteiger partial charge in [-0.3, -0.25) is 4.79 Å². The molecule has 0 aliphatic rings. The zero-order chi connectivity index (χ0) is 21.9. The van der Waals surface area contributed by atoms with E-state index in [0.717, 1.165) is 16.9 Å². The number of guanidine groups is 1. The van der Waals surface area contributed by atoms with E-state index >= 15 is 0 Å². The lowest BCUT2D eigenvalue weighted by Gasteiger charge is -2.15. The molecule has 2 aromatic carbocycles. The number of hydrogen-bond acceptors (Lipinski definition) is 5. The average Bonchev–Trinajstić information content (AvgIpc) is 2.78. The fourth-order valence-electron chi connectivity index (χ4n) is 2.46. The van der Waals surface area contributed by atoms with E-state index in [1.807, 2.05) is 36.4 Å². The third kappa shape index (κ3) is 8.83. The highest BCUT2D eigenvalue weighted by atomic mass is 127. The molecule has 0 fully saturated rings. The summed E-state index contributed by atoms with van der Waals surface area (Å²) < 4.78 is 9.88. The van der Waals surface area contributed by atoms with Crippen LogP contribution in [0.4, 0.5) is 0 Å². The second kappa shape index (κ2) is 13.5. The second-order valence-corrected chi connectivity index (χ2v) is 6.70. The minimum atomic E-state index is -0.375. The van der Waals surface area contributed by atoms with Gasteiger partial charge >= 0.3 is 5.97 Å². The predicted octanol–water partition coefficient (Wildman–Crippen LogP) is 2.42. The molecule has 168 valence electrons. The van der Waals surface area contributed by atoms with E-state index in [0.29, 0.717) is 24.6 Å². The van der Waals surface area contributed by atoms with Gasteiger partial charge in [-0.25, -0.2) is 9.79 Å². The van der Waals surface area contributed by atoms with Crippen LogP contribution in [-0.4, -0.2) is 57.6 Å². The molecule has 0 unspecified atom stereocenters. The fraction of sp³-hybridized carbons (Fsp3) is 0.318. The summed E-state index contributed by atoms with van der Waals surface area (Å²) in [6.45, 7) is 1.05. The van der Waals surface area contributed by atoms with Crippen molar-refractivity contribution in [2.24, 2.45) is 4.99 Å². The molecule has 0 aliphatic carbocycles. The molecular formula is C22H29IN4O4. The summed E-state index contributed by atoms with van der Waals surface area (Å²) in [5.74, 6) is 0.862. The Labute approximate surface area is 200 Å². The van der Waals surface area contributed by atoms with E-state index in [1.165, 1.54) is 12.0 Å². The second-order valence-electron chi connectivity index (χ2n) is 6.70. The summed E-state index contributed by atoms with van der Waals surface area (Å²) in [4.78, 5) is 29.5. The number of rotatable bonds is 8. The van der Waals surface area contributed by atoms with Crippen molar-refractivity contribution in [1.82, 2.24) is 15.5 Å². The molecule has 0 saturated heterocycles. The summed E-state index contributed by atoms with van der Waals surface area (Å²) >= 11 is 0. The number of carbonyl (C=O) groups is 2.